The maximum atomic E-state index is 4.32. The Morgan fingerprint density at radius 3 is 2.79 bits per heavy atom. The van der Waals surface area contributed by atoms with E-state index in [1.807, 2.05) is 17.0 Å². The summed E-state index contributed by atoms with van der Waals surface area (Å²) in [5, 5.41) is 7.56. The first-order chi connectivity index (χ1) is 6.54. The summed E-state index contributed by atoms with van der Waals surface area (Å²) in [5.41, 5.74) is 1.28. The van der Waals surface area contributed by atoms with Crippen LogP contribution in [0.15, 0.2) is 25.0 Å². The monoisotopic (exact) mass is 193 g/mol. The van der Waals surface area contributed by atoms with Crippen LogP contribution in [-0.2, 0) is 12.1 Å². The zero-order valence-corrected chi connectivity index (χ0v) is 9.25. The van der Waals surface area contributed by atoms with Gasteiger partial charge in [0.25, 0.3) is 0 Å². The standard InChI is InChI=1S/C11H19N3/c1-5-6-12-7-10-8-13-14(9-10)11(2,3)4/h5,8-9,12H,1,6-7H2,2-4H3. The Morgan fingerprint density at radius 2 is 2.29 bits per heavy atom. The lowest BCUT2D eigenvalue weighted by Crippen LogP contribution is -2.22. The third kappa shape index (κ3) is 3.00. The molecule has 0 amide bonds. The predicted octanol–water partition coefficient (Wildman–Crippen LogP) is 1.91. The molecule has 0 atom stereocenters. The van der Waals surface area contributed by atoms with Gasteiger partial charge in [-0.15, -0.1) is 6.58 Å². The molecule has 0 aliphatic heterocycles. The van der Waals surface area contributed by atoms with Crippen LogP contribution in [0.25, 0.3) is 0 Å². The molecule has 1 rings (SSSR count). The first-order valence-corrected chi connectivity index (χ1v) is 4.89. The van der Waals surface area contributed by atoms with Crippen LogP contribution in [0.3, 0.4) is 0 Å². The summed E-state index contributed by atoms with van der Waals surface area (Å²) < 4.78 is 1.98. The van der Waals surface area contributed by atoms with Gasteiger partial charge in [-0.25, -0.2) is 0 Å². The van der Waals surface area contributed by atoms with E-state index in [1.54, 1.807) is 0 Å². The van der Waals surface area contributed by atoms with Crippen molar-refractivity contribution in [2.75, 3.05) is 6.54 Å². The molecule has 0 aliphatic rings. The molecule has 0 spiro atoms. The van der Waals surface area contributed by atoms with E-state index in [0.29, 0.717) is 0 Å². The van der Waals surface area contributed by atoms with Gasteiger partial charge in [0, 0.05) is 24.8 Å². The number of rotatable bonds is 4. The van der Waals surface area contributed by atoms with Crippen LogP contribution in [0.2, 0.25) is 0 Å². The first kappa shape index (κ1) is 11.0. The molecule has 0 aliphatic carbocycles. The Morgan fingerprint density at radius 1 is 1.57 bits per heavy atom. The van der Waals surface area contributed by atoms with Crippen molar-refractivity contribution in [3.05, 3.63) is 30.6 Å². The average Bonchev–Trinajstić information content (AvgIpc) is 2.52. The van der Waals surface area contributed by atoms with E-state index in [0.717, 1.165) is 13.1 Å². The van der Waals surface area contributed by atoms with Gasteiger partial charge in [-0.1, -0.05) is 6.08 Å². The van der Waals surface area contributed by atoms with Crippen molar-refractivity contribution < 1.29 is 0 Å². The molecule has 0 fully saturated rings. The van der Waals surface area contributed by atoms with Crippen molar-refractivity contribution in [3.8, 4) is 0 Å². The molecule has 1 N–H and O–H groups in total. The Kier molecular flexibility index (Phi) is 3.47. The molecule has 1 heterocycles. The maximum Gasteiger partial charge on any atom is 0.0543 e. The van der Waals surface area contributed by atoms with Crippen molar-refractivity contribution in [2.45, 2.75) is 32.9 Å². The van der Waals surface area contributed by atoms with Gasteiger partial charge in [0.2, 0.25) is 0 Å². The maximum absolute atomic E-state index is 4.32. The zero-order chi connectivity index (χ0) is 10.6. The number of nitrogens with zero attached hydrogens (tertiary/aromatic N) is 2. The summed E-state index contributed by atoms with van der Waals surface area (Å²) in [7, 11) is 0. The van der Waals surface area contributed by atoms with Crippen molar-refractivity contribution in [1.29, 1.82) is 0 Å². The van der Waals surface area contributed by atoms with Crippen LogP contribution >= 0.6 is 0 Å². The summed E-state index contributed by atoms with van der Waals surface area (Å²) in [6.07, 6.45) is 5.84. The summed E-state index contributed by atoms with van der Waals surface area (Å²) >= 11 is 0. The minimum atomic E-state index is 0.0662. The van der Waals surface area contributed by atoms with E-state index in [2.05, 4.69) is 44.0 Å². The van der Waals surface area contributed by atoms with Gasteiger partial charge in [0.1, 0.15) is 0 Å². The molecule has 0 bridgehead atoms. The van der Waals surface area contributed by atoms with E-state index in [-0.39, 0.29) is 5.54 Å². The Hall–Kier alpha value is -1.09. The van der Waals surface area contributed by atoms with Gasteiger partial charge in [-0.2, -0.15) is 5.10 Å². The molecule has 3 nitrogen and oxygen atoms in total. The molecule has 0 unspecified atom stereocenters. The predicted molar refractivity (Wildman–Crippen MR) is 59.1 cm³/mol. The van der Waals surface area contributed by atoms with E-state index in [9.17, 15) is 0 Å². The van der Waals surface area contributed by atoms with Crippen LogP contribution in [0.1, 0.15) is 26.3 Å². The third-order valence-corrected chi connectivity index (χ3v) is 1.94. The molecule has 0 saturated heterocycles. The van der Waals surface area contributed by atoms with E-state index >= 15 is 0 Å². The molecule has 0 saturated carbocycles. The second-order valence-electron chi connectivity index (χ2n) is 4.38. The quantitative estimate of drug-likeness (QED) is 0.585. The van der Waals surface area contributed by atoms with Gasteiger partial charge >= 0.3 is 0 Å². The highest BCUT2D eigenvalue weighted by molar-refractivity contribution is 5.04. The largest absolute Gasteiger partial charge is 0.309 e. The minimum Gasteiger partial charge on any atom is -0.309 e. The fourth-order valence-corrected chi connectivity index (χ4v) is 1.14. The summed E-state index contributed by atoms with van der Waals surface area (Å²) in [6.45, 7) is 11.8. The van der Waals surface area contributed by atoms with Crippen LogP contribution in [-0.4, -0.2) is 16.3 Å². The molecule has 78 valence electrons. The highest BCUT2D eigenvalue weighted by Crippen LogP contribution is 2.12. The summed E-state index contributed by atoms with van der Waals surface area (Å²) in [6, 6.07) is 0. The summed E-state index contributed by atoms with van der Waals surface area (Å²) in [4.78, 5) is 0. The number of aromatic nitrogens is 2. The number of nitrogens with one attached hydrogen (secondary N) is 1. The minimum absolute atomic E-state index is 0.0662. The second kappa shape index (κ2) is 4.42. The van der Waals surface area contributed by atoms with Crippen molar-refractivity contribution >= 4 is 0 Å². The van der Waals surface area contributed by atoms with Crippen LogP contribution in [0.4, 0.5) is 0 Å². The van der Waals surface area contributed by atoms with Gasteiger partial charge < -0.3 is 5.32 Å². The highest BCUT2D eigenvalue weighted by Gasteiger charge is 2.13. The van der Waals surface area contributed by atoms with Crippen LogP contribution in [0, 0.1) is 0 Å². The molecule has 3 heteroatoms. The normalized spacial score (nSPS) is 11.6. The SMILES string of the molecule is C=CCNCc1cnn(C(C)(C)C)c1. The first-order valence-electron chi connectivity index (χ1n) is 4.89. The molecule has 14 heavy (non-hydrogen) atoms. The molecule has 1 aromatic rings. The Balaban J connectivity index is 2.55. The van der Waals surface area contributed by atoms with Gasteiger partial charge in [0.15, 0.2) is 0 Å². The van der Waals surface area contributed by atoms with Gasteiger partial charge in [-0.05, 0) is 20.8 Å². The molecular formula is C11H19N3. The lowest BCUT2D eigenvalue weighted by Gasteiger charge is -2.18. The van der Waals surface area contributed by atoms with E-state index < -0.39 is 0 Å². The highest BCUT2D eigenvalue weighted by atomic mass is 15.3. The fourth-order valence-electron chi connectivity index (χ4n) is 1.14. The molecule has 1 aromatic heterocycles. The van der Waals surface area contributed by atoms with Crippen LogP contribution < -0.4 is 5.32 Å². The Labute approximate surface area is 85.8 Å². The summed E-state index contributed by atoms with van der Waals surface area (Å²) in [5.74, 6) is 0. The number of hydrogen-bond donors (Lipinski definition) is 1. The van der Waals surface area contributed by atoms with Crippen molar-refractivity contribution in [1.82, 2.24) is 15.1 Å². The third-order valence-electron chi connectivity index (χ3n) is 1.94. The van der Waals surface area contributed by atoms with Crippen molar-refractivity contribution in [2.24, 2.45) is 0 Å². The van der Waals surface area contributed by atoms with E-state index in [4.69, 9.17) is 0 Å². The molecule has 0 radical (unpaired) electrons. The zero-order valence-electron chi connectivity index (χ0n) is 9.25. The lowest BCUT2D eigenvalue weighted by molar-refractivity contribution is 0.355. The molecule has 0 aromatic carbocycles. The number of hydrogen-bond acceptors (Lipinski definition) is 2. The van der Waals surface area contributed by atoms with Gasteiger partial charge in [0.05, 0.1) is 11.7 Å². The average molecular weight is 193 g/mol. The van der Waals surface area contributed by atoms with Gasteiger partial charge in [-0.3, -0.25) is 4.68 Å². The Bertz CT molecular complexity index is 294. The fraction of sp³-hybridized carbons (Fsp3) is 0.545. The smallest absolute Gasteiger partial charge is 0.0543 e. The topological polar surface area (TPSA) is 29.9 Å². The van der Waals surface area contributed by atoms with Crippen LogP contribution in [0.5, 0.6) is 0 Å². The lowest BCUT2D eigenvalue weighted by atomic mass is 10.1. The van der Waals surface area contributed by atoms with Crippen molar-refractivity contribution in [3.63, 3.8) is 0 Å². The second-order valence-corrected chi connectivity index (χ2v) is 4.38. The molecular weight excluding hydrogens is 174 g/mol. The van der Waals surface area contributed by atoms with E-state index in [1.165, 1.54) is 5.56 Å².